The summed E-state index contributed by atoms with van der Waals surface area (Å²) in [6, 6.07) is 22.8. The Morgan fingerprint density at radius 2 is 1.21 bits per heavy atom. The number of fused-ring (bicyclic) bond motifs is 3. The highest BCUT2D eigenvalue weighted by Crippen LogP contribution is 2.44. The average Bonchev–Trinajstić information content (AvgIpc) is 3.44. The molecule has 2 atom stereocenters. The summed E-state index contributed by atoms with van der Waals surface area (Å²) in [6.07, 6.45) is 0.0268. The van der Waals surface area contributed by atoms with Gasteiger partial charge in [0.2, 0.25) is 5.91 Å². The SMILES string of the molecule is CC(C)(C)OC(=O)NCCCC[C@H](NC(=O)OCC1c2ccccc2-c2ccccc21)C(=O)N[C@@H](CCCCNC(=O)OCc1ccccc1)C(=O)O. The van der Waals surface area contributed by atoms with Gasteiger partial charge in [-0.15, -0.1) is 0 Å². The second-order valence-corrected chi connectivity index (χ2v) is 13.8. The molecule has 4 amide bonds. The zero-order chi connectivity index (χ0) is 38.2. The zero-order valence-corrected chi connectivity index (χ0v) is 30.5. The number of hydrogen-bond donors (Lipinski definition) is 5. The molecule has 5 N–H and O–H groups in total. The monoisotopic (exact) mass is 730 g/mol. The van der Waals surface area contributed by atoms with Crippen LogP contribution in [-0.2, 0) is 30.4 Å². The number of aliphatic carboxylic acids is 1. The Bertz CT molecular complexity index is 1650. The molecule has 53 heavy (non-hydrogen) atoms. The highest BCUT2D eigenvalue weighted by atomic mass is 16.6. The standard InChI is InChI=1S/C40H50N4O9/c1-40(2,3)53-38(49)42-24-13-11-21-33(44-39(50)52-26-32-30-19-9-7-17-28(30)29-18-8-10-20-31(29)32)35(45)43-34(36(46)47)22-12-14-23-41-37(48)51-25-27-15-5-4-6-16-27/h4-10,15-20,32-34H,11-14,21-26H2,1-3H3,(H,41,48)(H,42,49)(H,43,45)(H,44,50)(H,46,47)/t33-,34-/m0/s1. The number of unbranched alkanes of at least 4 members (excludes halogenated alkanes) is 2. The summed E-state index contributed by atoms with van der Waals surface area (Å²) >= 11 is 0. The second-order valence-electron chi connectivity index (χ2n) is 13.8. The van der Waals surface area contributed by atoms with Gasteiger partial charge < -0.3 is 40.6 Å². The van der Waals surface area contributed by atoms with E-state index in [0.29, 0.717) is 25.7 Å². The molecule has 0 saturated carbocycles. The Hall–Kier alpha value is -5.59. The summed E-state index contributed by atoms with van der Waals surface area (Å²) in [5.74, 6) is -2.08. The first-order chi connectivity index (χ1) is 25.4. The maximum absolute atomic E-state index is 13.5. The number of carbonyl (C=O) groups is 5. The van der Waals surface area contributed by atoms with Gasteiger partial charge in [-0.3, -0.25) is 4.79 Å². The van der Waals surface area contributed by atoms with Gasteiger partial charge in [-0.1, -0.05) is 78.9 Å². The van der Waals surface area contributed by atoms with Gasteiger partial charge in [-0.25, -0.2) is 19.2 Å². The Kier molecular flexibility index (Phi) is 15.1. The van der Waals surface area contributed by atoms with Crippen LogP contribution in [0.5, 0.6) is 0 Å². The third kappa shape index (κ3) is 13.2. The predicted molar refractivity (Wildman–Crippen MR) is 198 cm³/mol. The summed E-state index contributed by atoms with van der Waals surface area (Å²) in [6.45, 7) is 5.99. The number of nitrogens with one attached hydrogen (secondary N) is 4. The van der Waals surface area contributed by atoms with E-state index in [-0.39, 0.29) is 45.1 Å². The van der Waals surface area contributed by atoms with Crippen molar-refractivity contribution in [3.05, 3.63) is 95.6 Å². The molecule has 0 heterocycles. The summed E-state index contributed by atoms with van der Waals surface area (Å²) in [4.78, 5) is 62.8. The van der Waals surface area contributed by atoms with Crippen LogP contribution < -0.4 is 21.3 Å². The fourth-order valence-corrected chi connectivity index (χ4v) is 6.00. The van der Waals surface area contributed by atoms with E-state index < -0.39 is 47.8 Å². The normalized spacial score (nSPS) is 13.0. The van der Waals surface area contributed by atoms with Crippen molar-refractivity contribution in [3.8, 4) is 11.1 Å². The molecular weight excluding hydrogens is 680 g/mol. The van der Waals surface area contributed by atoms with E-state index in [9.17, 15) is 29.1 Å². The predicted octanol–water partition coefficient (Wildman–Crippen LogP) is 6.25. The second kappa shape index (κ2) is 19.9. The lowest BCUT2D eigenvalue weighted by Gasteiger charge is -2.22. The van der Waals surface area contributed by atoms with Crippen LogP contribution in [-0.4, -0.2) is 72.6 Å². The third-order valence-corrected chi connectivity index (χ3v) is 8.56. The molecule has 3 aromatic rings. The van der Waals surface area contributed by atoms with Crippen molar-refractivity contribution in [2.75, 3.05) is 19.7 Å². The first-order valence-electron chi connectivity index (χ1n) is 18.0. The number of benzene rings is 3. The van der Waals surface area contributed by atoms with Crippen LogP contribution in [0.3, 0.4) is 0 Å². The summed E-state index contributed by atoms with van der Waals surface area (Å²) in [7, 11) is 0. The molecule has 13 heteroatoms. The summed E-state index contributed by atoms with van der Waals surface area (Å²) in [5.41, 5.74) is 4.44. The van der Waals surface area contributed by atoms with Gasteiger partial charge in [0.25, 0.3) is 0 Å². The van der Waals surface area contributed by atoms with Gasteiger partial charge in [0.1, 0.15) is 30.9 Å². The van der Waals surface area contributed by atoms with Crippen molar-refractivity contribution in [1.82, 2.24) is 21.3 Å². The van der Waals surface area contributed by atoms with Gasteiger partial charge in [0.05, 0.1) is 0 Å². The van der Waals surface area contributed by atoms with Crippen molar-refractivity contribution in [1.29, 1.82) is 0 Å². The lowest BCUT2D eigenvalue weighted by molar-refractivity contribution is -0.142. The smallest absolute Gasteiger partial charge is 0.407 e. The highest BCUT2D eigenvalue weighted by Gasteiger charge is 2.31. The average molecular weight is 731 g/mol. The molecule has 0 aliphatic heterocycles. The summed E-state index contributed by atoms with van der Waals surface area (Å²) in [5, 5.41) is 20.4. The zero-order valence-electron chi connectivity index (χ0n) is 30.5. The van der Waals surface area contributed by atoms with Crippen LogP contribution in [0.15, 0.2) is 78.9 Å². The van der Waals surface area contributed by atoms with Crippen LogP contribution in [0.2, 0.25) is 0 Å². The fourth-order valence-electron chi connectivity index (χ4n) is 6.00. The van der Waals surface area contributed by atoms with Gasteiger partial charge in [-0.05, 0) is 87.1 Å². The van der Waals surface area contributed by atoms with Crippen molar-refractivity contribution in [3.63, 3.8) is 0 Å². The van der Waals surface area contributed by atoms with Gasteiger partial charge in [-0.2, -0.15) is 0 Å². The molecule has 4 rings (SSSR count). The molecular formula is C40H50N4O9. The number of amides is 4. The van der Waals surface area contributed by atoms with E-state index in [1.54, 1.807) is 20.8 Å². The largest absolute Gasteiger partial charge is 0.480 e. The molecule has 13 nitrogen and oxygen atoms in total. The molecule has 284 valence electrons. The van der Waals surface area contributed by atoms with E-state index in [1.807, 2.05) is 78.9 Å². The molecule has 0 spiro atoms. The molecule has 0 unspecified atom stereocenters. The summed E-state index contributed by atoms with van der Waals surface area (Å²) < 4.78 is 16.1. The first-order valence-corrected chi connectivity index (χ1v) is 18.0. The minimum Gasteiger partial charge on any atom is -0.480 e. The number of ether oxygens (including phenoxy) is 3. The van der Waals surface area contributed by atoms with Crippen LogP contribution in [0, 0.1) is 0 Å². The molecule has 0 aromatic heterocycles. The maximum Gasteiger partial charge on any atom is 0.407 e. The molecule has 0 radical (unpaired) electrons. The number of carbonyl (C=O) groups excluding carboxylic acids is 4. The van der Waals surface area contributed by atoms with E-state index in [1.165, 1.54) is 0 Å². The van der Waals surface area contributed by atoms with Crippen molar-refractivity contribution < 1.29 is 43.3 Å². The van der Waals surface area contributed by atoms with Crippen molar-refractivity contribution in [2.24, 2.45) is 0 Å². The number of carboxylic acid groups (broad SMARTS) is 1. The lowest BCUT2D eigenvalue weighted by Crippen LogP contribution is -2.51. The third-order valence-electron chi connectivity index (χ3n) is 8.56. The minimum absolute atomic E-state index is 0.0413. The first kappa shape index (κ1) is 40.2. The van der Waals surface area contributed by atoms with Crippen LogP contribution in [0.25, 0.3) is 11.1 Å². The number of rotatable bonds is 18. The Morgan fingerprint density at radius 1 is 0.660 bits per heavy atom. The molecule has 3 aromatic carbocycles. The van der Waals surface area contributed by atoms with Crippen molar-refractivity contribution >= 4 is 30.2 Å². The lowest BCUT2D eigenvalue weighted by atomic mass is 9.98. The van der Waals surface area contributed by atoms with Crippen LogP contribution in [0.4, 0.5) is 14.4 Å². The van der Waals surface area contributed by atoms with Crippen LogP contribution >= 0.6 is 0 Å². The van der Waals surface area contributed by atoms with E-state index in [4.69, 9.17) is 14.2 Å². The fraction of sp³-hybridized carbons (Fsp3) is 0.425. The Labute approximate surface area is 310 Å². The molecule has 0 bridgehead atoms. The number of hydrogen-bond acceptors (Lipinski definition) is 8. The van der Waals surface area contributed by atoms with Crippen LogP contribution in [0.1, 0.15) is 81.9 Å². The molecule has 1 aliphatic carbocycles. The van der Waals surface area contributed by atoms with E-state index in [2.05, 4.69) is 21.3 Å². The Balaban J connectivity index is 1.29. The topological polar surface area (TPSA) is 181 Å². The quantitative estimate of drug-likeness (QED) is 0.0746. The number of alkyl carbamates (subject to hydrolysis) is 3. The molecule has 1 aliphatic rings. The molecule has 0 fully saturated rings. The molecule has 0 saturated heterocycles. The van der Waals surface area contributed by atoms with Gasteiger partial charge in [0.15, 0.2) is 0 Å². The van der Waals surface area contributed by atoms with Gasteiger partial charge in [0, 0.05) is 19.0 Å². The highest BCUT2D eigenvalue weighted by molar-refractivity contribution is 5.89. The maximum atomic E-state index is 13.5. The minimum atomic E-state index is -1.23. The van der Waals surface area contributed by atoms with E-state index >= 15 is 0 Å². The Morgan fingerprint density at radius 3 is 1.79 bits per heavy atom. The van der Waals surface area contributed by atoms with Gasteiger partial charge >= 0.3 is 24.2 Å². The van der Waals surface area contributed by atoms with E-state index in [0.717, 1.165) is 27.8 Å². The number of carboxylic acids is 1. The van der Waals surface area contributed by atoms with Crippen molar-refractivity contribution in [2.45, 2.75) is 89.5 Å².